The second kappa shape index (κ2) is 11.2. The molecule has 2 aromatic rings. The molecule has 32 heavy (non-hydrogen) atoms. The molecule has 10 heteroatoms. The van der Waals surface area contributed by atoms with Gasteiger partial charge in [0.15, 0.2) is 0 Å². The molecule has 0 spiro atoms. The van der Waals surface area contributed by atoms with E-state index in [0.717, 1.165) is 18.2 Å². The van der Waals surface area contributed by atoms with Crippen LogP contribution in [0.25, 0.3) is 0 Å². The highest BCUT2D eigenvalue weighted by molar-refractivity contribution is 6.39. The number of likely N-dealkylation sites (N-methyl/N-ethyl adjacent to an activating group) is 1. The maximum atomic E-state index is 14.0. The summed E-state index contributed by atoms with van der Waals surface area (Å²) in [5.74, 6) is -4.69. The number of benzene rings is 2. The van der Waals surface area contributed by atoms with Crippen LogP contribution in [-0.4, -0.2) is 41.8 Å². The topological polar surface area (TPSA) is 78.5 Å². The zero-order valence-electron chi connectivity index (χ0n) is 17.7. The first kappa shape index (κ1) is 25.5. The smallest absolute Gasteiger partial charge is 0.257 e. The molecule has 172 valence electrons. The average molecular weight is 486 g/mol. The van der Waals surface area contributed by atoms with Crippen LogP contribution in [0.4, 0.5) is 14.5 Å². The van der Waals surface area contributed by atoms with Crippen molar-refractivity contribution in [2.75, 3.05) is 18.4 Å². The minimum absolute atomic E-state index is 0.148. The van der Waals surface area contributed by atoms with E-state index in [-0.39, 0.29) is 28.8 Å². The van der Waals surface area contributed by atoms with E-state index in [0.29, 0.717) is 0 Å². The third-order valence-corrected chi connectivity index (χ3v) is 5.29. The number of hydrogen-bond acceptors (Lipinski definition) is 3. The van der Waals surface area contributed by atoms with E-state index in [1.807, 2.05) is 0 Å². The summed E-state index contributed by atoms with van der Waals surface area (Å²) in [4.78, 5) is 39.3. The Morgan fingerprint density at radius 2 is 1.53 bits per heavy atom. The van der Waals surface area contributed by atoms with E-state index < -0.39 is 46.9 Å². The van der Waals surface area contributed by atoms with Crippen molar-refractivity contribution in [3.8, 4) is 0 Å². The van der Waals surface area contributed by atoms with E-state index >= 15 is 0 Å². The molecule has 0 aromatic heterocycles. The van der Waals surface area contributed by atoms with Gasteiger partial charge in [0.1, 0.15) is 23.2 Å². The number of carbonyl (C=O) groups is 3. The quantitative estimate of drug-likeness (QED) is 0.577. The summed E-state index contributed by atoms with van der Waals surface area (Å²) >= 11 is 12.1. The molecule has 0 bridgehead atoms. The van der Waals surface area contributed by atoms with Crippen LogP contribution in [0.3, 0.4) is 0 Å². The van der Waals surface area contributed by atoms with Gasteiger partial charge in [-0.15, -0.1) is 0 Å². The molecule has 2 N–H and O–H groups in total. The SMILES string of the molecule is CCN(CC(=O)Nc1c(Cl)cccc1Cl)C(=O)[C@@H](NC(=O)c1c(F)cccc1F)C(C)C. The van der Waals surface area contributed by atoms with Gasteiger partial charge in [-0.05, 0) is 37.1 Å². The number of carbonyl (C=O) groups excluding carboxylic acids is 3. The Labute approximate surface area is 194 Å². The first-order valence-corrected chi connectivity index (χ1v) is 10.6. The van der Waals surface area contributed by atoms with E-state index in [2.05, 4.69) is 10.6 Å². The minimum atomic E-state index is -1.11. The van der Waals surface area contributed by atoms with Gasteiger partial charge >= 0.3 is 0 Å². The zero-order chi connectivity index (χ0) is 24.0. The molecule has 6 nitrogen and oxygen atoms in total. The Hall–Kier alpha value is -2.71. The molecule has 2 rings (SSSR count). The number of rotatable bonds is 8. The van der Waals surface area contributed by atoms with Crippen molar-refractivity contribution in [2.45, 2.75) is 26.8 Å². The van der Waals surface area contributed by atoms with Crippen LogP contribution in [0, 0.1) is 17.6 Å². The van der Waals surface area contributed by atoms with Crippen molar-refractivity contribution in [3.05, 3.63) is 63.6 Å². The van der Waals surface area contributed by atoms with Crippen molar-refractivity contribution in [1.29, 1.82) is 0 Å². The first-order chi connectivity index (χ1) is 15.1. The van der Waals surface area contributed by atoms with E-state index in [9.17, 15) is 23.2 Å². The maximum Gasteiger partial charge on any atom is 0.257 e. The number of para-hydroxylation sites is 1. The van der Waals surface area contributed by atoms with Crippen LogP contribution in [0.1, 0.15) is 31.1 Å². The minimum Gasteiger partial charge on any atom is -0.340 e. The van der Waals surface area contributed by atoms with Crippen LogP contribution in [0.15, 0.2) is 36.4 Å². The summed E-state index contributed by atoms with van der Waals surface area (Å²) in [5, 5.41) is 5.42. The first-order valence-electron chi connectivity index (χ1n) is 9.84. The van der Waals surface area contributed by atoms with Gasteiger partial charge in [0.05, 0.1) is 22.3 Å². The van der Waals surface area contributed by atoms with Crippen LogP contribution in [0.2, 0.25) is 10.0 Å². The fourth-order valence-corrected chi connectivity index (χ4v) is 3.45. The molecule has 0 aliphatic rings. The number of amides is 3. The fraction of sp³-hybridized carbons (Fsp3) is 0.318. The normalized spacial score (nSPS) is 11.8. The predicted molar refractivity (Wildman–Crippen MR) is 120 cm³/mol. The molecule has 2 aromatic carbocycles. The van der Waals surface area contributed by atoms with E-state index in [4.69, 9.17) is 23.2 Å². The molecule has 0 fully saturated rings. The number of halogens is 4. The highest BCUT2D eigenvalue weighted by Gasteiger charge is 2.31. The molecule has 0 radical (unpaired) electrons. The Bertz CT molecular complexity index is 977. The standard InChI is InChI=1S/C22H23Cl2F2N3O3/c1-4-29(11-17(30)27-20-13(23)7-5-8-14(20)24)22(32)19(12(2)3)28-21(31)18-15(25)9-6-10-16(18)26/h5-10,12,19H,4,11H2,1-3H3,(H,27,30)(H,28,31)/t19-/m0/s1. The van der Waals surface area contributed by atoms with Crippen molar-refractivity contribution < 1.29 is 23.2 Å². The second-order valence-electron chi connectivity index (χ2n) is 7.29. The largest absolute Gasteiger partial charge is 0.340 e. The van der Waals surface area contributed by atoms with Crippen LogP contribution in [0.5, 0.6) is 0 Å². The summed E-state index contributed by atoms with van der Waals surface area (Å²) in [5.41, 5.74) is -0.562. The lowest BCUT2D eigenvalue weighted by atomic mass is 10.0. The van der Waals surface area contributed by atoms with Gasteiger partial charge in [-0.3, -0.25) is 14.4 Å². The highest BCUT2D eigenvalue weighted by Crippen LogP contribution is 2.29. The van der Waals surface area contributed by atoms with Gasteiger partial charge in [-0.2, -0.15) is 0 Å². The van der Waals surface area contributed by atoms with E-state index in [1.54, 1.807) is 39.0 Å². The molecule has 1 atom stereocenters. The van der Waals surface area contributed by atoms with Gasteiger partial charge in [-0.25, -0.2) is 8.78 Å². The van der Waals surface area contributed by atoms with Gasteiger partial charge in [0, 0.05) is 6.54 Å². The molecule has 0 unspecified atom stereocenters. The van der Waals surface area contributed by atoms with Gasteiger partial charge in [0.25, 0.3) is 5.91 Å². The molecular weight excluding hydrogens is 463 g/mol. The number of nitrogens with one attached hydrogen (secondary N) is 2. The fourth-order valence-electron chi connectivity index (χ4n) is 2.95. The van der Waals surface area contributed by atoms with E-state index in [1.165, 1.54) is 4.90 Å². The Morgan fingerprint density at radius 3 is 2.03 bits per heavy atom. The zero-order valence-corrected chi connectivity index (χ0v) is 19.2. The second-order valence-corrected chi connectivity index (χ2v) is 8.10. The van der Waals surface area contributed by atoms with Gasteiger partial charge in [-0.1, -0.05) is 49.2 Å². The lowest BCUT2D eigenvalue weighted by molar-refractivity contribution is -0.137. The summed E-state index contributed by atoms with van der Waals surface area (Å²) in [6, 6.07) is 6.65. The monoisotopic (exact) mass is 485 g/mol. The van der Waals surface area contributed by atoms with Crippen LogP contribution >= 0.6 is 23.2 Å². The highest BCUT2D eigenvalue weighted by atomic mass is 35.5. The molecule has 0 aliphatic carbocycles. The van der Waals surface area contributed by atoms with Crippen molar-refractivity contribution >= 4 is 46.6 Å². The van der Waals surface area contributed by atoms with Crippen molar-refractivity contribution in [2.24, 2.45) is 5.92 Å². The van der Waals surface area contributed by atoms with Crippen LogP contribution < -0.4 is 10.6 Å². The molecule has 0 saturated heterocycles. The summed E-state index contributed by atoms with van der Waals surface area (Å²) in [7, 11) is 0. The molecule has 0 saturated carbocycles. The van der Waals surface area contributed by atoms with Gasteiger partial charge in [0.2, 0.25) is 11.8 Å². The summed E-state index contributed by atoms with van der Waals surface area (Å²) in [6.07, 6.45) is 0. The molecule has 0 aliphatic heterocycles. The predicted octanol–water partition coefficient (Wildman–Crippen LogP) is 4.51. The number of anilines is 1. The van der Waals surface area contributed by atoms with Crippen molar-refractivity contribution in [3.63, 3.8) is 0 Å². The Morgan fingerprint density at radius 1 is 1.00 bits per heavy atom. The number of hydrogen-bond donors (Lipinski definition) is 2. The summed E-state index contributed by atoms with van der Waals surface area (Å²) < 4.78 is 27.9. The van der Waals surface area contributed by atoms with Crippen molar-refractivity contribution in [1.82, 2.24) is 10.2 Å². The Balaban J connectivity index is 2.16. The number of nitrogens with zero attached hydrogens (tertiary/aromatic N) is 1. The summed E-state index contributed by atoms with van der Waals surface area (Å²) in [6.45, 7) is 4.79. The maximum absolute atomic E-state index is 14.0. The average Bonchev–Trinajstić information content (AvgIpc) is 2.72. The molecule has 0 heterocycles. The lowest BCUT2D eigenvalue weighted by Crippen LogP contribution is -2.52. The molecular formula is C22H23Cl2F2N3O3. The van der Waals surface area contributed by atoms with Gasteiger partial charge < -0.3 is 15.5 Å². The molecule has 3 amide bonds. The van der Waals surface area contributed by atoms with Crippen LogP contribution in [-0.2, 0) is 9.59 Å². The lowest BCUT2D eigenvalue weighted by Gasteiger charge is -2.29. The Kier molecular flexibility index (Phi) is 8.98. The third-order valence-electron chi connectivity index (χ3n) is 4.66. The third kappa shape index (κ3) is 6.17.